The fraction of sp³-hybridized carbons (Fsp3) is 0.571. The Morgan fingerprint density at radius 2 is 1.75 bits per heavy atom. The Morgan fingerprint density at radius 1 is 1.15 bits per heavy atom. The third-order valence-corrected chi connectivity index (χ3v) is 5.34. The summed E-state index contributed by atoms with van der Waals surface area (Å²) in [6, 6.07) is 4.91. The number of hydrogen-bond donors (Lipinski definition) is 0. The number of halogens is 1. The first-order valence-electron chi connectivity index (χ1n) is 6.89. The lowest BCUT2D eigenvalue weighted by Gasteiger charge is -2.21. The average molecular weight is 364 g/mol. The molecule has 114 valence electrons. The topological polar surface area (TPSA) is 46.6 Å². The monoisotopic (exact) mass is 363 g/mol. The van der Waals surface area contributed by atoms with Crippen molar-refractivity contribution >= 4 is 26.0 Å². The molecular weight excluding hydrogens is 342 g/mol. The van der Waals surface area contributed by atoms with Gasteiger partial charge < -0.3 is 4.74 Å². The van der Waals surface area contributed by atoms with Crippen LogP contribution in [0.2, 0.25) is 0 Å². The highest BCUT2D eigenvalue weighted by Crippen LogP contribution is 2.29. The quantitative estimate of drug-likeness (QED) is 0.707. The highest BCUT2D eigenvalue weighted by molar-refractivity contribution is 9.10. The van der Waals surface area contributed by atoms with E-state index in [9.17, 15) is 8.42 Å². The number of rotatable bonds is 8. The minimum atomic E-state index is -3.45. The van der Waals surface area contributed by atoms with Crippen LogP contribution in [0.25, 0.3) is 0 Å². The van der Waals surface area contributed by atoms with E-state index in [1.165, 1.54) is 4.31 Å². The van der Waals surface area contributed by atoms with E-state index in [0.29, 0.717) is 25.4 Å². The molecule has 0 unspecified atom stereocenters. The molecule has 0 amide bonds. The van der Waals surface area contributed by atoms with Crippen LogP contribution in [0, 0.1) is 0 Å². The first kappa shape index (κ1) is 17.5. The zero-order valence-electron chi connectivity index (χ0n) is 12.2. The normalized spacial score (nSPS) is 11.8. The summed E-state index contributed by atoms with van der Waals surface area (Å²) in [6.07, 6.45) is 1.60. The van der Waals surface area contributed by atoms with Gasteiger partial charge in [0.05, 0.1) is 16.0 Å². The van der Waals surface area contributed by atoms with Crippen LogP contribution in [0.4, 0.5) is 0 Å². The van der Waals surface area contributed by atoms with Crippen molar-refractivity contribution in [3.63, 3.8) is 0 Å². The Bertz CT molecular complexity index is 525. The predicted octanol–water partition coefficient (Wildman–Crippen LogP) is 3.66. The minimum Gasteiger partial charge on any atom is -0.493 e. The lowest BCUT2D eigenvalue weighted by atomic mass is 10.3. The van der Waals surface area contributed by atoms with Crippen molar-refractivity contribution in [2.45, 2.75) is 38.5 Å². The standard InChI is InChI=1S/C14H22BrNO3S/c1-4-9-16(10-5-2)20(17,18)12-7-8-13(15)14(11-12)19-6-3/h7-8,11H,4-6,9-10H2,1-3H3. The van der Waals surface area contributed by atoms with Crippen LogP contribution >= 0.6 is 15.9 Å². The lowest BCUT2D eigenvalue weighted by Crippen LogP contribution is -2.32. The second kappa shape index (κ2) is 8.00. The van der Waals surface area contributed by atoms with Crippen LogP contribution in [0.1, 0.15) is 33.6 Å². The van der Waals surface area contributed by atoms with Gasteiger partial charge in [-0.15, -0.1) is 0 Å². The fourth-order valence-electron chi connectivity index (χ4n) is 1.91. The van der Waals surface area contributed by atoms with Gasteiger partial charge in [0.15, 0.2) is 0 Å². The lowest BCUT2D eigenvalue weighted by molar-refractivity contribution is 0.337. The number of nitrogens with zero attached hydrogens (tertiary/aromatic N) is 1. The molecule has 6 heteroatoms. The number of benzene rings is 1. The van der Waals surface area contributed by atoms with Crippen LogP contribution in [0.15, 0.2) is 27.6 Å². The summed E-state index contributed by atoms with van der Waals surface area (Å²) in [5.41, 5.74) is 0. The van der Waals surface area contributed by atoms with E-state index in [-0.39, 0.29) is 4.90 Å². The molecule has 0 heterocycles. The number of hydrogen-bond acceptors (Lipinski definition) is 3. The highest BCUT2D eigenvalue weighted by atomic mass is 79.9. The van der Waals surface area contributed by atoms with Gasteiger partial charge in [0.2, 0.25) is 10.0 Å². The molecule has 0 saturated heterocycles. The van der Waals surface area contributed by atoms with Gasteiger partial charge in [0.1, 0.15) is 5.75 Å². The van der Waals surface area contributed by atoms with Crippen molar-refractivity contribution in [1.82, 2.24) is 4.31 Å². The highest BCUT2D eigenvalue weighted by Gasteiger charge is 2.24. The molecule has 4 nitrogen and oxygen atoms in total. The third kappa shape index (κ3) is 4.20. The second-order valence-corrected chi connectivity index (χ2v) is 7.22. The molecule has 1 rings (SSSR count). The van der Waals surface area contributed by atoms with E-state index in [1.54, 1.807) is 18.2 Å². The van der Waals surface area contributed by atoms with E-state index in [1.807, 2.05) is 20.8 Å². The van der Waals surface area contributed by atoms with Gasteiger partial charge in [0, 0.05) is 19.2 Å². The first-order chi connectivity index (χ1) is 9.47. The van der Waals surface area contributed by atoms with E-state index in [4.69, 9.17) is 4.74 Å². The molecule has 0 aliphatic carbocycles. The summed E-state index contributed by atoms with van der Waals surface area (Å²) in [7, 11) is -3.45. The summed E-state index contributed by atoms with van der Waals surface area (Å²) in [5.74, 6) is 0.557. The minimum absolute atomic E-state index is 0.283. The summed E-state index contributed by atoms with van der Waals surface area (Å²) >= 11 is 3.36. The maximum atomic E-state index is 12.6. The summed E-state index contributed by atoms with van der Waals surface area (Å²) in [4.78, 5) is 0.283. The van der Waals surface area contributed by atoms with Crippen LogP contribution in [0.3, 0.4) is 0 Å². The van der Waals surface area contributed by atoms with E-state index in [2.05, 4.69) is 15.9 Å². The third-order valence-electron chi connectivity index (χ3n) is 2.79. The van der Waals surface area contributed by atoms with Crippen LogP contribution in [0.5, 0.6) is 5.75 Å². The predicted molar refractivity (Wildman–Crippen MR) is 84.7 cm³/mol. The maximum absolute atomic E-state index is 12.6. The Hall–Kier alpha value is -0.590. The largest absolute Gasteiger partial charge is 0.493 e. The van der Waals surface area contributed by atoms with Crippen molar-refractivity contribution in [1.29, 1.82) is 0 Å². The Morgan fingerprint density at radius 3 is 2.25 bits per heavy atom. The molecule has 0 radical (unpaired) electrons. The number of sulfonamides is 1. The van der Waals surface area contributed by atoms with E-state index >= 15 is 0 Å². The van der Waals surface area contributed by atoms with Crippen LogP contribution < -0.4 is 4.74 Å². The van der Waals surface area contributed by atoms with Crippen LogP contribution in [-0.4, -0.2) is 32.4 Å². The molecule has 0 atom stereocenters. The molecule has 20 heavy (non-hydrogen) atoms. The van der Waals surface area contributed by atoms with Crippen molar-refractivity contribution in [2.75, 3.05) is 19.7 Å². The van der Waals surface area contributed by atoms with Gasteiger partial charge in [-0.2, -0.15) is 4.31 Å². The maximum Gasteiger partial charge on any atom is 0.243 e. The molecule has 0 saturated carbocycles. The fourth-order valence-corrected chi connectivity index (χ4v) is 3.91. The Kier molecular flexibility index (Phi) is 6.99. The summed E-state index contributed by atoms with van der Waals surface area (Å²) < 4.78 is 33.0. The van der Waals surface area contributed by atoms with Gasteiger partial charge in [0.25, 0.3) is 0 Å². The first-order valence-corrected chi connectivity index (χ1v) is 9.13. The molecule has 0 spiro atoms. The van der Waals surface area contributed by atoms with Gasteiger partial charge in [-0.25, -0.2) is 8.42 Å². The van der Waals surface area contributed by atoms with Gasteiger partial charge >= 0.3 is 0 Å². The SMILES string of the molecule is CCCN(CCC)S(=O)(=O)c1ccc(Br)c(OCC)c1. The second-order valence-electron chi connectivity index (χ2n) is 4.43. The van der Waals surface area contributed by atoms with E-state index in [0.717, 1.165) is 17.3 Å². The molecule has 0 aliphatic rings. The molecule has 0 bridgehead atoms. The molecule has 0 N–H and O–H groups in total. The van der Waals surface area contributed by atoms with Gasteiger partial charge in [-0.1, -0.05) is 13.8 Å². The van der Waals surface area contributed by atoms with Crippen molar-refractivity contribution in [3.05, 3.63) is 22.7 Å². The Balaban J connectivity index is 3.16. The summed E-state index contributed by atoms with van der Waals surface area (Å²) in [5, 5.41) is 0. The van der Waals surface area contributed by atoms with Crippen LogP contribution in [-0.2, 0) is 10.0 Å². The Labute approximate surface area is 130 Å². The van der Waals surface area contributed by atoms with E-state index < -0.39 is 10.0 Å². The smallest absolute Gasteiger partial charge is 0.243 e. The van der Waals surface area contributed by atoms with Gasteiger partial charge in [-0.3, -0.25) is 0 Å². The number of ether oxygens (including phenoxy) is 1. The molecule has 0 aliphatic heterocycles. The molecular formula is C14H22BrNO3S. The molecule has 1 aromatic rings. The average Bonchev–Trinajstić information content (AvgIpc) is 2.41. The summed E-state index contributed by atoms with van der Waals surface area (Å²) in [6.45, 7) is 7.40. The van der Waals surface area contributed by atoms with Crippen molar-refractivity contribution in [2.24, 2.45) is 0 Å². The van der Waals surface area contributed by atoms with Gasteiger partial charge in [-0.05, 0) is 47.8 Å². The van der Waals surface area contributed by atoms with Crippen molar-refractivity contribution in [3.8, 4) is 5.75 Å². The zero-order valence-corrected chi connectivity index (χ0v) is 14.6. The molecule has 0 aromatic heterocycles. The van der Waals surface area contributed by atoms with Crippen molar-refractivity contribution < 1.29 is 13.2 Å². The molecule has 1 aromatic carbocycles. The zero-order chi connectivity index (χ0) is 15.2. The molecule has 0 fully saturated rings.